The first-order chi connectivity index (χ1) is 14.1. The molecule has 7 nitrogen and oxygen atoms in total. The quantitative estimate of drug-likeness (QED) is 0.699. The molecular weight excluding hydrogens is 368 g/mol. The lowest BCUT2D eigenvalue weighted by molar-refractivity contribution is -0.124. The lowest BCUT2D eigenvalue weighted by atomic mass is 10.1. The van der Waals surface area contributed by atoms with E-state index in [1.165, 1.54) is 0 Å². The highest BCUT2D eigenvalue weighted by atomic mass is 16.5. The van der Waals surface area contributed by atoms with Gasteiger partial charge in [-0.1, -0.05) is 36.4 Å². The van der Waals surface area contributed by atoms with Gasteiger partial charge in [0.25, 0.3) is 11.8 Å². The van der Waals surface area contributed by atoms with Crippen LogP contribution in [0.2, 0.25) is 0 Å². The molecule has 1 unspecified atom stereocenters. The summed E-state index contributed by atoms with van der Waals surface area (Å²) in [5.41, 5.74) is 2.76. The van der Waals surface area contributed by atoms with Gasteiger partial charge in [0.1, 0.15) is 11.9 Å². The molecule has 0 radical (unpaired) electrons. The van der Waals surface area contributed by atoms with Gasteiger partial charge in [-0.05, 0) is 31.0 Å². The first-order valence-electron chi connectivity index (χ1n) is 9.53. The van der Waals surface area contributed by atoms with Crippen molar-refractivity contribution in [1.29, 1.82) is 0 Å². The van der Waals surface area contributed by atoms with Gasteiger partial charge in [0, 0.05) is 36.5 Å². The predicted molar refractivity (Wildman–Crippen MR) is 111 cm³/mol. The summed E-state index contributed by atoms with van der Waals surface area (Å²) in [7, 11) is 1.78. The molecule has 29 heavy (non-hydrogen) atoms. The number of carbonyl (C=O) groups is 2. The molecule has 2 aromatic carbocycles. The zero-order chi connectivity index (χ0) is 20.2. The second-order valence-corrected chi connectivity index (χ2v) is 6.93. The van der Waals surface area contributed by atoms with E-state index in [0.29, 0.717) is 23.7 Å². The molecular formula is C22H22N4O3. The van der Waals surface area contributed by atoms with Gasteiger partial charge in [0.15, 0.2) is 0 Å². The van der Waals surface area contributed by atoms with E-state index >= 15 is 0 Å². The molecule has 1 fully saturated rings. The molecule has 4 rings (SSSR count). The van der Waals surface area contributed by atoms with Crippen LogP contribution in [0.25, 0.3) is 11.3 Å². The van der Waals surface area contributed by atoms with Gasteiger partial charge < -0.3 is 15.4 Å². The molecule has 1 aromatic heterocycles. The third kappa shape index (κ3) is 4.35. The minimum atomic E-state index is -0.418. The van der Waals surface area contributed by atoms with E-state index in [4.69, 9.17) is 4.74 Å². The van der Waals surface area contributed by atoms with Crippen molar-refractivity contribution in [3.05, 3.63) is 66.2 Å². The van der Waals surface area contributed by atoms with Crippen LogP contribution in [0.1, 0.15) is 23.2 Å². The number of amides is 2. The average molecular weight is 390 g/mol. The van der Waals surface area contributed by atoms with Crippen LogP contribution < -0.4 is 10.6 Å². The molecule has 2 N–H and O–H groups in total. The molecule has 1 aliphatic rings. The van der Waals surface area contributed by atoms with E-state index in [0.717, 1.165) is 24.1 Å². The number of anilines is 2. The van der Waals surface area contributed by atoms with E-state index in [-0.39, 0.29) is 11.8 Å². The van der Waals surface area contributed by atoms with Gasteiger partial charge in [0.05, 0.1) is 5.69 Å². The number of aryl methyl sites for hydroxylation is 1. The summed E-state index contributed by atoms with van der Waals surface area (Å²) in [5, 5.41) is 10.2. The van der Waals surface area contributed by atoms with Crippen LogP contribution in [0.5, 0.6) is 0 Å². The van der Waals surface area contributed by atoms with Crippen molar-refractivity contribution in [2.75, 3.05) is 17.2 Å². The van der Waals surface area contributed by atoms with Gasteiger partial charge in [-0.15, -0.1) is 0 Å². The summed E-state index contributed by atoms with van der Waals surface area (Å²) in [5.74, 6) is 0.127. The van der Waals surface area contributed by atoms with Gasteiger partial charge in [-0.2, -0.15) is 5.10 Å². The molecule has 0 bridgehead atoms. The number of nitrogens with one attached hydrogen (secondary N) is 2. The zero-order valence-electron chi connectivity index (χ0n) is 16.1. The highest BCUT2D eigenvalue weighted by Gasteiger charge is 2.23. The second-order valence-electron chi connectivity index (χ2n) is 6.93. The van der Waals surface area contributed by atoms with Gasteiger partial charge in [-0.25, -0.2) is 0 Å². The lowest BCUT2D eigenvalue weighted by Crippen LogP contribution is -2.27. The third-order valence-electron chi connectivity index (χ3n) is 4.81. The Morgan fingerprint density at radius 2 is 1.90 bits per heavy atom. The molecule has 0 saturated carbocycles. The van der Waals surface area contributed by atoms with E-state index in [9.17, 15) is 9.59 Å². The van der Waals surface area contributed by atoms with Crippen LogP contribution in [0.4, 0.5) is 11.5 Å². The lowest BCUT2D eigenvalue weighted by Gasteiger charge is -2.11. The minimum Gasteiger partial charge on any atom is -0.368 e. The molecule has 1 atom stereocenters. The van der Waals surface area contributed by atoms with Gasteiger partial charge >= 0.3 is 0 Å². The van der Waals surface area contributed by atoms with Crippen molar-refractivity contribution in [3.63, 3.8) is 0 Å². The topological polar surface area (TPSA) is 85.3 Å². The largest absolute Gasteiger partial charge is 0.368 e. The Balaban J connectivity index is 1.46. The highest BCUT2D eigenvalue weighted by Crippen LogP contribution is 2.22. The summed E-state index contributed by atoms with van der Waals surface area (Å²) in [6.45, 7) is 0.607. The molecule has 0 aliphatic carbocycles. The number of ether oxygens (including phenoxy) is 1. The highest BCUT2D eigenvalue weighted by molar-refractivity contribution is 6.05. The number of benzene rings is 2. The van der Waals surface area contributed by atoms with Crippen LogP contribution in [0, 0.1) is 0 Å². The summed E-state index contributed by atoms with van der Waals surface area (Å²) >= 11 is 0. The molecule has 3 aromatic rings. The number of rotatable bonds is 5. The summed E-state index contributed by atoms with van der Waals surface area (Å²) in [4.78, 5) is 24.9. The molecule has 0 spiro atoms. The number of carbonyl (C=O) groups excluding carboxylic acids is 2. The van der Waals surface area contributed by atoms with Crippen LogP contribution >= 0.6 is 0 Å². The molecule has 7 heteroatoms. The number of nitrogens with zero attached hydrogens (tertiary/aromatic N) is 2. The zero-order valence-corrected chi connectivity index (χ0v) is 16.1. The van der Waals surface area contributed by atoms with Crippen molar-refractivity contribution < 1.29 is 14.3 Å². The minimum absolute atomic E-state index is 0.181. The van der Waals surface area contributed by atoms with Crippen LogP contribution in [-0.4, -0.2) is 34.3 Å². The monoisotopic (exact) mass is 390 g/mol. The standard InChI is InChI=1S/C22H22N4O3/c1-26-20(14-18(25-26)15-7-3-2-4-8-15)24-21(27)16-9-5-10-17(13-16)23-22(28)19-11-6-12-29-19/h2-5,7-10,13-14,19H,6,11-12H2,1H3,(H,23,28)(H,24,27). The fourth-order valence-corrected chi connectivity index (χ4v) is 3.27. The molecule has 1 aliphatic heterocycles. The number of aromatic nitrogens is 2. The Kier molecular flexibility index (Phi) is 5.39. The predicted octanol–water partition coefficient (Wildman–Crippen LogP) is 3.46. The summed E-state index contributed by atoms with van der Waals surface area (Å²) in [6, 6.07) is 18.4. The Morgan fingerprint density at radius 3 is 2.66 bits per heavy atom. The van der Waals surface area contributed by atoms with Crippen molar-refractivity contribution in [3.8, 4) is 11.3 Å². The first kappa shape index (κ1) is 18.9. The Hall–Kier alpha value is -3.45. The second kappa shape index (κ2) is 8.28. The average Bonchev–Trinajstić information content (AvgIpc) is 3.39. The maximum atomic E-state index is 12.7. The Labute approximate surface area is 168 Å². The molecule has 1 saturated heterocycles. The fourth-order valence-electron chi connectivity index (χ4n) is 3.27. The van der Waals surface area contributed by atoms with E-state index < -0.39 is 6.10 Å². The summed E-state index contributed by atoms with van der Waals surface area (Å²) < 4.78 is 7.02. The Bertz CT molecular complexity index is 1020. The van der Waals surface area contributed by atoms with Crippen molar-refractivity contribution in [2.24, 2.45) is 7.05 Å². The number of hydrogen-bond donors (Lipinski definition) is 2. The van der Waals surface area contributed by atoms with Gasteiger partial charge in [-0.3, -0.25) is 14.3 Å². The summed E-state index contributed by atoms with van der Waals surface area (Å²) in [6.07, 6.45) is 1.19. The maximum Gasteiger partial charge on any atom is 0.256 e. The van der Waals surface area contributed by atoms with Crippen molar-refractivity contribution in [1.82, 2.24) is 9.78 Å². The Morgan fingerprint density at radius 1 is 1.07 bits per heavy atom. The van der Waals surface area contributed by atoms with Crippen molar-refractivity contribution in [2.45, 2.75) is 18.9 Å². The normalized spacial score (nSPS) is 15.8. The van der Waals surface area contributed by atoms with Gasteiger partial charge in [0.2, 0.25) is 0 Å². The van der Waals surface area contributed by atoms with E-state index in [1.54, 1.807) is 36.0 Å². The van der Waals surface area contributed by atoms with E-state index in [1.807, 2.05) is 36.4 Å². The molecule has 2 amide bonds. The van der Waals surface area contributed by atoms with Crippen LogP contribution in [-0.2, 0) is 16.6 Å². The van der Waals surface area contributed by atoms with E-state index in [2.05, 4.69) is 15.7 Å². The van der Waals surface area contributed by atoms with Crippen LogP contribution in [0.15, 0.2) is 60.7 Å². The maximum absolute atomic E-state index is 12.7. The fraction of sp³-hybridized carbons (Fsp3) is 0.227. The molecule has 2 heterocycles. The number of hydrogen-bond acceptors (Lipinski definition) is 4. The SMILES string of the molecule is Cn1nc(-c2ccccc2)cc1NC(=O)c1cccc(NC(=O)C2CCCO2)c1. The van der Waals surface area contributed by atoms with Crippen LogP contribution in [0.3, 0.4) is 0 Å². The van der Waals surface area contributed by atoms with Crippen molar-refractivity contribution >= 4 is 23.3 Å². The smallest absolute Gasteiger partial charge is 0.256 e. The first-order valence-corrected chi connectivity index (χ1v) is 9.53. The molecule has 148 valence electrons. The third-order valence-corrected chi connectivity index (χ3v) is 4.81.